The number of thioether (sulfide) groups is 4. The van der Waals surface area contributed by atoms with Crippen molar-refractivity contribution in [3.05, 3.63) is 238 Å². The molecule has 12 rings (SSSR count). The van der Waals surface area contributed by atoms with Gasteiger partial charge in [-0.15, -0.1) is 106 Å². The Morgan fingerprint density at radius 2 is 0.589 bits per heavy atom. The first kappa shape index (κ1) is 86.0. The highest BCUT2D eigenvalue weighted by Crippen LogP contribution is 2.39. The lowest BCUT2D eigenvalue weighted by Gasteiger charge is -2.15. The highest BCUT2D eigenvalue weighted by Gasteiger charge is 2.21. The van der Waals surface area contributed by atoms with Crippen molar-refractivity contribution < 1.29 is 39.6 Å². The number of benzene rings is 4. The van der Waals surface area contributed by atoms with E-state index in [1.165, 1.54) is 16.8 Å². The zero-order valence-electron chi connectivity index (χ0n) is 63.8. The Labute approximate surface area is 686 Å². The number of nitrogens with zero attached hydrogens (tertiary/aromatic N) is 8. The number of carbonyl (C=O) groups is 4. The molecule has 8 heterocycles. The molecule has 0 aliphatic heterocycles. The molecule has 12 aromatic rings. The summed E-state index contributed by atoms with van der Waals surface area (Å²) in [5.74, 6) is 2.64. The van der Waals surface area contributed by atoms with E-state index in [1.54, 1.807) is 92.4 Å². The molecule has 0 aliphatic carbocycles. The molecule has 112 heavy (non-hydrogen) atoms. The number of hydrogen-bond acceptors (Lipinski definition) is 24. The summed E-state index contributed by atoms with van der Waals surface area (Å²) in [6.07, 6.45) is 16.6. The predicted molar refractivity (Wildman–Crippen MR) is 468 cm³/mol. The average molecular weight is 1650 g/mol. The van der Waals surface area contributed by atoms with Crippen LogP contribution in [0.4, 0.5) is 46.0 Å². The fraction of sp³-hybridized carbons (Fsp3) is 0.238. The summed E-state index contributed by atoms with van der Waals surface area (Å²) in [6.45, 7) is 20.1. The van der Waals surface area contributed by atoms with Crippen molar-refractivity contribution in [2.45, 2.75) is 123 Å². The predicted octanol–water partition coefficient (Wildman–Crippen LogP) is 21.5. The lowest BCUT2D eigenvalue weighted by Crippen LogP contribution is -2.07. The summed E-state index contributed by atoms with van der Waals surface area (Å²) in [5, 5.41) is 49.2. The molecule has 8 N–H and O–H groups in total. The number of carboxylic acids is 4. The van der Waals surface area contributed by atoms with E-state index in [1.807, 2.05) is 129 Å². The molecule has 0 aliphatic rings. The first-order chi connectivity index (χ1) is 54.1. The molecule has 0 spiro atoms. The summed E-state index contributed by atoms with van der Waals surface area (Å²) in [6, 6.07) is 46.2. The Hall–Kier alpha value is -10.0. The largest absolute Gasteiger partial charge is 0.481 e. The number of carboxylic acid groups (broad SMARTS) is 4. The van der Waals surface area contributed by atoms with Crippen LogP contribution in [0.5, 0.6) is 0 Å². The number of nitrogens with one attached hydrogen (secondary N) is 4. The Morgan fingerprint density at radius 3 is 0.848 bits per heavy atom. The highest BCUT2D eigenvalue weighted by molar-refractivity contribution is 8.01. The molecule has 28 heteroatoms. The molecule has 0 saturated heterocycles. The molecule has 4 aromatic carbocycles. The van der Waals surface area contributed by atoms with E-state index in [-0.39, 0.29) is 25.7 Å². The van der Waals surface area contributed by atoms with E-state index in [2.05, 4.69) is 130 Å². The first-order valence-electron chi connectivity index (χ1n) is 35.7. The van der Waals surface area contributed by atoms with E-state index in [9.17, 15) is 19.2 Å². The van der Waals surface area contributed by atoms with Gasteiger partial charge in [-0.05, 0) is 197 Å². The summed E-state index contributed by atoms with van der Waals surface area (Å²) in [5.41, 5.74) is 14.7. The minimum absolute atomic E-state index is 0.00884. The van der Waals surface area contributed by atoms with Crippen molar-refractivity contribution in [2.24, 2.45) is 0 Å². The highest BCUT2D eigenvalue weighted by atomic mass is 32.2. The average Bonchev–Trinajstić information content (AvgIpc) is 1.36. The smallest absolute Gasteiger partial charge is 0.307 e. The molecular weight excluding hydrogens is 1560 g/mol. The quantitative estimate of drug-likeness (QED) is 0.0143. The zero-order valence-corrected chi connectivity index (χ0v) is 70.3. The maximum absolute atomic E-state index is 10.9. The number of thiophene rings is 4. The van der Waals surface area contributed by atoms with Crippen LogP contribution in [0.1, 0.15) is 95.0 Å². The van der Waals surface area contributed by atoms with Gasteiger partial charge in [-0.2, -0.15) is 0 Å². The van der Waals surface area contributed by atoms with Crippen molar-refractivity contribution in [1.82, 2.24) is 39.9 Å². The third-order valence-electron chi connectivity index (χ3n) is 17.0. The monoisotopic (exact) mass is 1650 g/mol. The maximum atomic E-state index is 10.9. The van der Waals surface area contributed by atoms with Gasteiger partial charge in [0.2, 0.25) is 0 Å². The maximum Gasteiger partial charge on any atom is 0.307 e. The van der Waals surface area contributed by atoms with Crippen LogP contribution < -0.4 is 21.3 Å². The summed E-state index contributed by atoms with van der Waals surface area (Å²) >= 11 is 13.6. The topological polar surface area (TPSA) is 300 Å². The van der Waals surface area contributed by atoms with E-state index in [4.69, 9.17) is 60.3 Å². The molecule has 8 aromatic heterocycles. The van der Waals surface area contributed by atoms with Gasteiger partial charge in [0.25, 0.3) is 0 Å². The Morgan fingerprint density at radius 1 is 0.339 bits per heavy atom. The summed E-state index contributed by atoms with van der Waals surface area (Å²) in [7, 11) is 0. The van der Waals surface area contributed by atoms with Crippen molar-refractivity contribution in [1.29, 1.82) is 0 Å². The fourth-order valence-corrected chi connectivity index (χ4v) is 17.4. The van der Waals surface area contributed by atoms with Gasteiger partial charge >= 0.3 is 23.9 Å². The SMILES string of the molecule is C=CCc1c(C)nc(-c2ccc(SC)s2)nc1Nc1ccc(CC(=O)O)cc1.C=CCc1c(CC)nc(-c2ccc(SC)s2)nc1Nc1ccc(CC(=O)O)cc1.CCc1c(C)nc(-c2ccc(SC)s2)nc1Nc1ccc(CC(=O)O)cc1.CCc1nc(-c2ccc(SC)s2)nc(Nc2ccc(CC(=O)O)cc2)c1CC. The van der Waals surface area contributed by atoms with Crippen LogP contribution in [0.15, 0.2) is 188 Å². The third kappa shape index (κ3) is 24.5. The number of aromatic nitrogens is 8. The van der Waals surface area contributed by atoms with Gasteiger partial charge in [0.15, 0.2) is 23.3 Å². The molecule has 0 unspecified atom stereocenters. The molecule has 0 radical (unpaired) electrons. The number of allylic oxidation sites excluding steroid dienone is 2. The zero-order chi connectivity index (χ0) is 80.4. The Bertz CT molecular complexity index is 5220. The van der Waals surface area contributed by atoms with Gasteiger partial charge in [-0.3, -0.25) is 19.2 Å². The number of hydrogen-bond donors (Lipinski definition) is 8. The molecule has 580 valence electrons. The van der Waals surface area contributed by atoms with Crippen LogP contribution in [-0.4, -0.2) is 109 Å². The molecule has 0 atom stereocenters. The van der Waals surface area contributed by atoms with Crippen LogP contribution in [-0.2, 0) is 83.4 Å². The van der Waals surface area contributed by atoms with Gasteiger partial charge in [0.1, 0.15) is 23.3 Å². The van der Waals surface area contributed by atoms with Crippen LogP contribution in [0.3, 0.4) is 0 Å². The summed E-state index contributed by atoms with van der Waals surface area (Å²) < 4.78 is 4.91. The van der Waals surface area contributed by atoms with Crippen LogP contribution in [0.25, 0.3) is 42.8 Å². The second-order valence-corrected chi connectivity index (χ2v) is 33.6. The number of aliphatic carboxylic acids is 4. The summed E-state index contributed by atoms with van der Waals surface area (Å²) in [4.78, 5) is 85.8. The van der Waals surface area contributed by atoms with Crippen molar-refractivity contribution in [3.8, 4) is 42.8 Å². The minimum Gasteiger partial charge on any atom is -0.481 e. The molecular formula is C84H88N12O8S8. The molecule has 20 nitrogen and oxygen atoms in total. The Balaban J connectivity index is 0.000000171. The van der Waals surface area contributed by atoms with Crippen molar-refractivity contribution in [3.63, 3.8) is 0 Å². The van der Waals surface area contributed by atoms with Crippen LogP contribution in [0.2, 0.25) is 0 Å². The molecule has 0 bridgehead atoms. The second kappa shape index (κ2) is 42.6. The normalized spacial score (nSPS) is 10.7. The molecule has 0 amide bonds. The van der Waals surface area contributed by atoms with Crippen molar-refractivity contribution in [2.75, 3.05) is 46.3 Å². The number of rotatable bonds is 32. The van der Waals surface area contributed by atoms with E-state index >= 15 is 0 Å². The Kier molecular flexibility index (Phi) is 32.7. The minimum atomic E-state index is -0.842. The lowest BCUT2D eigenvalue weighted by atomic mass is 10.1. The lowest BCUT2D eigenvalue weighted by molar-refractivity contribution is -0.137. The third-order valence-corrected chi connectivity index (χ3v) is 25.6. The van der Waals surface area contributed by atoms with Gasteiger partial charge in [0.05, 0.1) is 62.0 Å². The number of aryl methyl sites for hydroxylation is 4. The van der Waals surface area contributed by atoms with Gasteiger partial charge in [0, 0.05) is 67.8 Å². The fourth-order valence-electron chi connectivity index (χ4n) is 11.5. The van der Waals surface area contributed by atoms with Gasteiger partial charge < -0.3 is 41.7 Å². The van der Waals surface area contributed by atoms with Gasteiger partial charge in [-0.25, -0.2) is 39.9 Å². The van der Waals surface area contributed by atoms with Crippen molar-refractivity contribution >= 4 is 162 Å². The molecule has 0 fully saturated rings. The second-order valence-electron chi connectivity index (χ2n) is 24.8. The van der Waals surface area contributed by atoms with Gasteiger partial charge in [-0.1, -0.05) is 88.4 Å². The van der Waals surface area contributed by atoms with Crippen LogP contribution >= 0.6 is 92.4 Å². The number of anilines is 8. The molecule has 0 saturated carbocycles. The van der Waals surface area contributed by atoms with E-state index in [0.29, 0.717) is 24.5 Å². The standard InChI is InChI=1S/C22H23N3O2S2.C21H21N3O2S2.C21H23N3O2S2.C20H21N3O2S2/c1-4-6-16-17(5-2)24-22(18-11-12-20(28-3)29-18)25-21(16)23-15-9-7-14(8-10-15)13-19(26)27;1-4-5-16-13(2)22-21(17-10-11-19(27-3)28-17)24-20(16)23-15-8-6-14(7-9-15)12-18(25)26;1-4-15-16(5-2)23-21(17-10-11-19(27-3)28-17)24-20(15)22-14-8-6-13(7-9-14)12-18(25)26;1-4-15-12(2)21-20(16-9-10-18(26-3)27-16)23-19(15)22-14-7-5-13(6-8-14)11-17(24)25/h4,7-12H,1,5-6,13H2,2-3H3,(H,26,27)(H,23,24,25);4,6-11H,1,5,12H2,2-3H3,(H,25,26)(H,22,23,24);6-11H,4-5,12H2,1-3H3,(H,25,26)(H,22,23,24);5-10H,4,11H2,1-3H3,(H,24,25)(H,21,22,23). The van der Waals surface area contributed by atoms with Crippen LogP contribution in [0, 0.1) is 13.8 Å². The van der Waals surface area contributed by atoms with E-state index in [0.717, 1.165) is 170 Å². The first-order valence-corrected chi connectivity index (χ1v) is 43.9. The van der Waals surface area contributed by atoms with E-state index < -0.39 is 23.9 Å².